The molecule has 64 valence electrons. The van der Waals surface area contributed by atoms with Crippen molar-refractivity contribution in [3.05, 3.63) is 0 Å². The van der Waals surface area contributed by atoms with Gasteiger partial charge in [-0.15, -0.1) is 0 Å². The molecule has 1 aliphatic heterocycles. The van der Waals surface area contributed by atoms with Crippen LogP contribution in [-0.2, 0) is 4.79 Å². The highest BCUT2D eigenvalue weighted by molar-refractivity contribution is 5.86. The van der Waals surface area contributed by atoms with E-state index in [1.807, 2.05) is 6.92 Å². The van der Waals surface area contributed by atoms with Crippen LogP contribution in [0, 0.1) is 0 Å². The van der Waals surface area contributed by atoms with Gasteiger partial charge in [0, 0.05) is 0 Å². The third kappa shape index (κ3) is 1.36. The second-order valence-electron chi connectivity index (χ2n) is 2.94. The van der Waals surface area contributed by atoms with Crippen molar-refractivity contribution in [2.24, 2.45) is 5.84 Å². The quantitative estimate of drug-likeness (QED) is 0.288. The minimum Gasteiger partial charge on any atom is -0.303 e. The predicted octanol–water partition coefficient (Wildman–Crippen LogP) is -0.491. The van der Waals surface area contributed by atoms with Crippen molar-refractivity contribution in [1.82, 2.24) is 10.7 Å². The fourth-order valence-corrected chi connectivity index (χ4v) is 1.60. The fourth-order valence-electron chi connectivity index (χ4n) is 1.60. The highest BCUT2D eigenvalue weighted by Crippen LogP contribution is 2.22. The number of carbonyl (C=O) groups excluding carboxylic acids is 1. The molecule has 0 aliphatic carbocycles. The van der Waals surface area contributed by atoms with Crippen molar-refractivity contribution < 1.29 is 4.79 Å². The number of nitrogens with one attached hydrogen (secondary N) is 2. The van der Waals surface area contributed by atoms with E-state index in [2.05, 4.69) is 10.7 Å². The molecular formula is C7H15N3O. The van der Waals surface area contributed by atoms with E-state index in [1.165, 1.54) is 0 Å². The Bertz CT molecular complexity index is 152. The van der Waals surface area contributed by atoms with Crippen LogP contribution >= 0.6 is 0 Å². The lowest BCUT2D eigenvalue weighted by Crippen LogP contribution is -2.54. The summed E-state index contributed by atoms with van der Waals surface area (Å²) in [4.78, 5) is 11.3. The lowest BCUT2D eigenvalue weighted by Gasteiger charge is -2.25. The molecule has 1 amide bonds. The van der Waals surface area contributed by atoms with Gasteiger partial charge in [0.1, 0.15) is 0 Å². The van der Waals surface area contributed by atoms with Crippen molar-refractivity contribution in [3.63, 3.8) is 0 Å². The summed E-state index contributed by atoms with van der Waals surface area (Å²) < 4.78 is 0. The highest BCUT2D eigenvalue weighted by atomic mass is 16.2. The molecule has 1 rings (SSSR count). The molecule has 4 heteroatoms. The molecular weight excluding hydrogens is 142 g/mol. The molecule has 0 aromatic heterocycles. The average molecular weight is 157 g/mol. The average Bonchev–Trinajstić information content (AvgIpc) is 2.52. The van der Waals surface area contributed by atoms with Crippen LogP contribution in [0.3, 0.4) is 0 Å². The maximum absolute atomic E-state index is 11.3. The summed E-state index contributed by atoms with van der Waals surface area (Å²) >= 11 is 0. The van der Waals surface area contributed by atoms with Crippen molar-refractivity contribution in [2.45, 2.75) is 31.7 Å². The molecule has 0 spiro atoms. The van der Waals surface area contributed by atoms with E-state index in [1.54, 1.807) is 0 Å². The largest absolute Gasteiger partial charge is 0.303 e. The van der Waals surface area contributed by atoms with E-state index in [0.717, 1.165) is 25.8 Å². The van der Waals surface area contributed by atoms with E-state index in [4.69, 9.17) is 5.84 Å². The van der Waals surface area contributed by atoms with Crippen LogP contribution in [0.1, 0.15) is 26.2 Å². The van der Waals surface area contributed by atoms with Crippen molar-refractivity contribution in [3.8, 4) is 0 Å². The highest BCUT2D eigenvalue weighted by Gasteiger charge is 2.38. The van der Waals surface area contributed by atoms with Gasteiger partial charge in [-0.25, -0.2) is 5.84 Å². The molecule has 0 aromatic carbocycles. The molecule has 0 aromatic rings. The Labute approximate surface area is 66.5 Å². The summed E-state index contributed by atoms with van der Waals surface area (Å²) in [6, 6.07) is 0. The Balaban J connectivity index is 2.66. The number of carbonyl (C=O) groups is 1. The SMILES string of the molecule is CC[C@]1(C(=O)NN)CCCN1. The Morgan fingerprint density at radius 3 is 2.91 bits per heavy atom. The van der Waals surface area contributed by atoms with Gasteiger partial charge >= 0.3 is 0 Å². The minimum atomic E-state index is -0.380. The molecule has 1 fully saturated rings. The summed E-state index contributed by atoms with van der Waals surface area (Å²) in [5.74, 6) is 4.99. The third-order valence-electron chi connectivity index (χ3n) is 2.41. The van der Waals surface area contributed by atoms with Crippen LogP contribution in [-0.4, -0.2) is 18.0 Å². The maximum atomic E-state index is 11.3. The zero-order valence-corrected chi connectivity index (χ0v) is 6.81. The second-order valence-corrected chi connectivity index (χ2v) is 2.94. The molecule has 11 heavy (non-hydrogen) atoms. The first-order chi connectivity index (χ1) is 5.25. The Morgan fingerprint density at radius 2 is 2.55 bits per heavy atom. The molecule has 1 saturated heterocycles. The monoisotopic (exact) mass is 157 g/mol. The number of rotatable bonds is 2. The lowest BCUT2D eigenvalue weighted by molar-refractivity contribution is -0.127. The van der Waals surface area contributed by atoms with Crippen LogP contribution in [0.15, 0.2) is 0 Å². The topological polar surface area (TPSA) is 67.2 Å². The molecule has 1 aliphatic rings. The summed E-state index contributed by atoms with van der Waals surface area (Å²) in [6.07, 6.45) is 2.75. The van der Waals surface area contributed by atoms with Gasteiger partial charge in [0.2, 0.25) is 0 Å². The summed E-state index contributed by atoms with van der Waals surface area (Å²) in [7, 11) is 0. The molecule has 0 radical (unpaired) electrons. The standard InChI is InChI=1S/C7H15N3O/c1-2-7(6(11)10-8)4-3-5-9-7/h9H,2-5,8H2,1H3,(H,10,11)/t7-/m1/s1. The van der Waals surface area contributed by atoms with Gasteiger partial charge in [-0.2, -0.15) is 0 Å². The zero-order chi connectivity index (χ0) is 8.32. The van der Waals surface area contributed by atoms with Crippen LogP contribution in [0.2, 0.25) is 0 Å². The van der Waals surface area contributed by atoms with Gasteiger partial charge in [-0.3, -0.25) is 10.2 Å². The van der Waals surface area contributed by atoms with Crippen LogP contribution < -0.4 is 16.6 Å². The third-order valence-corrected chi connectivity index (χ3v) is 2.41. The normalized spacial score (nSPS) is 30.4. The minimum absolute atomic E-state index is 0.0856. The maximum Gasteiger partial charge on any atom is 0.254 e. The summed E-state index contributed by atoms with van der Waals surface area (Å²) in [5, 5.41) is 3.18. The Hall–Kier alpha value is -0.610. The first kappa shape index (κ1) is 8.49. The summed E-state index contributed by atoms with van der Waals surface area (Å²) in [6.45, 7) is 2.91. The number of hydrogen-bond donors (Lipinski definition) is 3. The van der Waals surface area contributed by atoms with Gasteiger partial charge in [-0.1, -0.05) is 6.92 Å². The number of amides is 1. The summed E-state index contributed by atoms with van der Waals surface area (Å²) in [5.41, 5.74) is 1.82. The van der Waals surface area contributed by atoms with Gasteiger partial charge in [0.05, 0.1) is 5.54 Å². The molecule has 0 unspecified atom stereocenters. The van der Waals surface area contributed by atoms with Gasteiger partial charge in [-0.05, 0) is 25.8 Å². The van der Waals surface area contributed by atoms with E-state index in [-0.39, 0.29) is 11.4 Å². The smallest absolute Gasteiger partial charge is 0.254 e. The molecule has 4 nitrogen and oxygen atoms in total. The number of hydrazine groups is 1. The van der Waals surface area contributed by atoms with Crippen molar-refractivity contribution in [2.75, 3.05) is 6.54 Å². The van der Waals surface area contributed by atoms with Crippen LogP contribution in [0.25, 0.3) is 0 Å². The molecule has 0 saturated carbocycles. The van der Waals surface area contributed by atoms with Gasteiger partial charge in [0.15, 0.2) is 0 Å². The van der Waals surface area contributed by atoms with Crippen molar-refractivity contribution in [1.29, 1.82) is 0 Å². The second kappa shape index (κ2) is 3.19. The van der Waals surface area contributed by atoms with Gasteiger partial charge in [0.25, 0.3) is 5.91 Å². The number of hydrogen-bond acceptors (Lipinski definition) is 3. The first-order valence-electron chi connectivity index (χ1n) is 4.01. The number of nitrogens with two attached hydrogens (primary N) is 1. The van der Waals surface area contributed by atoms with E-state index in [0.29, 0.717) is 0 Å². The van der Waals surface area contributed by atoms with Crippen LogP contribution in [0.5, 0.6) is 0 Å². The first-order valence-corrected chi connectivity index (χ1v) is 4.01. The zero-order valence-electron chi connectivity index (χ0n) is 6.81. The van der Waals surface area contributed by atoms with E-state index < -0.39 is 0 Å². The Morgan fingerprint density at radius 1 is 1.82 bits per heavy atom. The van der Waals surface area contributed by atoms with E-state index >= 15 is 0 Å². The molecule has 1 heterocycles. The lowest BCUT2D eigenvalue weighted by atomic mass is 9.93. The molecule has 1 atom stereocenters. The van der Waals surface area contributed by atoms with Crippen molar-refractivity contribution >= 4 is 5.91 Å². The predicted molar refractivity (Wildman–Crippen MR) is 42.6 cm³/mol. The van der Waals surface area contributed by atoms with Gasteiger partial charge < -0.3 is 5.32 Å². The Kier molecular flexibility index (Phi) is 2.46. The fraction of sp³-hybridized carbons (Fsp3) is 0.857. The molecule has 0 bridgehead atoms. The molecule has 4 N–H and O–H groups in total. The van der Waals surface area contributed by atoms with E-state index in [9.17, 15) is 4.79 Å². The van der Waals surface area contributed by atoms with Crippen LogP contribution in [0.4, 0.5) is 0 Å².